The van der Waals surface area contributed by atoms with E-state index in [9.17, 15) is 27.2 Å². The van der Waals surface area contributed by atoms with Crippen LogP contribution >= 0.6 is 0 Å². The van der Waals surface area contributed by atoms with E-state index in [1.165, 1.54) is 24.3 Å². The molecule has 0 aliphatic rings. The molecule has 2 aromatic rings. The summed E-state index contributed by atoms with van der Waals surface area (Å²) in [6, 6.07) is 9.40. The van der Waals surface area contributed by atoms with Gasteiger partial charge in [-0.1, -0.05) is 24.3 Å². The van der Waals surface area contributed by atoms with Crippen LogP contribution < -0.4 is 10.7 Å². The van der Waals surface area contributed by atoms with Gasteiger partial charge in [0.05, 0.1) is 11.8 Å². The molecule has 2 amide bonds. The highest BCUT2D eigenvalue weighted by molar-refractivity contribution is 6.39. The van der Waals surface area contributed by atoms with Crippen LogP contribution in [0.15, 0.2) is 53.6 Å². The minimum atomic E-state index is -4.58. The van der Waals surface area contributed by atoms with Crippen LogP contribution in [0.5, 0.6) is 0 Å². The topological polar surface area (TPSA) is 70.6 Å². The monoisotopic (exact) mass is 353 g/mol. The molecular weight excluding hydrogens is 342 g/mol. The molecule has 0 saturated carbocycles. The van der Waals surface area contributed by atoms with E-state index in [0.29, 0.717) is 6.07 Å². The van der Waals surface area contributed by atoms with Crippen molar-refractivity contribution in [1.29, 1.82) is 0 Å². The van der Waals surface area contributed by atoms with Crippen LogP contribution in [0.3, 0.4) is 0 Å². The van der Waals surface area contributed by atoms with Crippen LogP contribution in [-0.4, -0.2) is 18.0 Å². The Labute approximate surface area is 139 Å². The van der Waals surface area contributed by atoms with Crippen molar-refractivity contribution in [3.05, 3.63) is 65.5 Å². The summed E-state index contributed by atoms with van der Waals surface area (Å²) in [4.78, 5) is 23.2. The highest BCUT2D eigenvalue weighted by Crippen LogP contribution is 2.30. The maximum Gasteiger partial charge on any atom is 0.416 e. The predicted octanol–water partition coefficient (Wildman–Crippen LogP) is 2.93. The summed E-state index contributed by atoms with van der Waals surface area (Å²) >= 11 is 0. The molecule has 0 heterocycles. The predicted molar refractivity (Wildman–Crippen MR) is 82.2 cm³/mol. The van der Waals surface area contributed by atoms with E-state index in [2.05, 4.69) is 5.10 Å². The van der Waals surface area contributed by atoms with Crippen molar-refractivity contribution in [1.82, 2.24) is 5.43 Å². The lowest BCUT2D eigenvalue weighted by molar-refractivity contribution is -0.137. The maximum absolute atomic E-state index is 13.3. The fourth-order valence-electron chi connectivity index (χ4n) is 1.75. The van der Waals surface area contributed by atoms with E-state index in [-0.39, 0.29) is 11.3 Å². The minimum Gasteiger partial charge on any atom is -0.318 e. The first kappa shape index (κ1) is 18.1. The third kappa shape index (κ3) is 5.13. The quantitative estimate of drug-likeness (QED) is 0.386. The number of benzene rings is 2. The fraction of sp³-hybridized carbons (Fsp3) is 0.0625. The maximum atomic E-state index is 13.3. The Kier molecular flexibility index (Phi) is 5.48. The Morgan fingerprint density at radius 2 is 1.72 bits per heavy atom. The van der Waals surface area contributed by atoms with Crippen molar-refractivity contribution in [2.45, 2.75) is 6.18 Å². The Bertz CT molecular complexity index is 819. The van der Waals surface area contributed by atoms with Gasteiger partial charge in [0.2, 0.25) is 0 Å². The number of hydrazone groups is 1. The lowest BCUT2D eigenvalue weighted by Crippen LogP contribution is -2.32. The van der Waals surface area contributed by atoms with Crippen molar-refractivity contribution in [2.24, 2.45) is 5.10 Å². The number of halogens is 4. The molecule has 0 fully saturated rings. The van der Waals surface area contributed by atoms with Crippen LogP contribution in [0.25, 0.3) is 0 Å². The van der Waals surface area contributed by atoms with Crippen LogP contribution in [-0.2, 0) is 15.8 Å². The second-order valence-corrected chi connectivity index (χ2v) is 4.75. The van der Waals surface area contributed by atoms with Crippen LogP contribution in [0.4, 0.5) is 23.2 Å². The summed E-state index contributed by atoms with van der Waals surface area (Å²) in [6.07, 6.45) is -3.59. The fourth-order valence-corrected chi connectivity index (χ4v) is 1.75. The number of carbonyl (C=O) groups is 2. The molecule has 2 rings (SSSR count). The standard InChI is InChI=1S/C16H11F4N3O2/c17-13-7-2-1-4-10(13)9-21-23-15(25)14(24)22-12-6-3-5-11(8-12)16(18,19)20/h1-9H,(H,22,24)(H,23,25). The van der Waals surface area contributed by atoms with Gasteiger partial charge in [-0.2, -0.15) is 18.3 Å². The Hall–Kier alpha value is -3.23. The zero-order chi connectivity index (χ0) is 18.4. The average Bonchev–Trinajstić information content (AvgIpc) is 2.56. The Balaban J connectivity index is 1.97. The van der Waals surface area contributed by atoms with E-state index >= 15 is 0 Å². The van der Waals surface area contributed by atoms with E-state index < -0.39 is 29.4 Å². The van der Waals surface area contributed by atoms with Crippen molar-refractivity contribution in [3.63, 3.8) is 0 Å². The summed E-state index contributed by atoms with van der Waals surface area (Å²) in [5.74, 6) is -3.01. The first-order valence-electron chi connectivity index (χ1n) is 6.83. The van der Waals surface area contributed by atoms with Crippen molar-refractivity contribution in [2.75, 3.05) is 5.32 Å². The second-order valence-electron chi connectivity index (χ2n) is 4.75. The molecule has 0 aliphatic heterocycles. The molecule has 0 aliphatic carbocycles. The molecule has 9 heteroatoms. The number of anilines is 1. The summed E-state index contributed by atoms with van der Waals surface area (Å²) in [5, 5.41) is 5.43. The molecule has 0 bridgehead atoms. The molecule has 0 aromatic heterocycles. The molecule has 5 nitrogen and oxygen atoms in total. The van der Waals surface area contributed by atoms with Crippen molar-refractivity contribution < 1.29 is 27.2 Å². The molecule has 0 spiro atoms. The third-order valence-electron chi connectivity index (χ3n) is 2.93. The summed E-state index contributed by atoms with van der Waals surface area (Å²) in [5.41, 5.74) is 0.767. The zero-order valence-electron chi connectivity index (χ0n) is 12.5. The number of hydrogen-bond donors (Lipinski definition) is 2. The third-order valence-corrected chi connectivity index (χ3v) is 2.93. The van der Waals surface area contributed by atoms with Gasteiger partial charge in [-0.15, -0.1) is 0 Å². The van der Waals surface area contributed by atoms with E-state index in [4.69, 9.17) is 0 Å². The molecule has 0 saturated heterocycles. The highest BCUT2D eigenvalue weighted by atomic mass is 19.4. The summed E-state index contributed by atoms with van der Waals surface area (Å²) < 4.78 is 51.1. The SMILES string of the molecule is O=C(NN=Cc1ccccc1F)C(=O)Nc1cccc(C(F)(F)F)c1. The number of carbonyl (C=O) groups excluding carboxylic acids is 2. The Morgan fingerprint density at radius 1 is 1.00 bits per heavy atom. The highest BCUT2D eigenvalue weighted by Gasteiger charge is 2.30. The van der Waals surface area contributed by atoms with Crippen LogP contribution in [0.2, 0.25) is 0 Å². The molecule has 2 aromatic carbocycles. The van der Waals surface area contributed by atoms with Gasteiger partial charge in [-0.3, -0.25) is 9.59 Å². The summed E-state index contributed by atoms with van der Waals surface area (Å²) in [7, 11) is 0. The molecular formula is C16H11F4N3O2. The lowest BCUT2D eigenvalue weighted by atomic mass is 10.2. The van der Waals surface area contributed by atoms with Crippen LogP contribution in [0, 0.1) is 5.82 Å². The van der Waals surface area contributed by atoms with Gasteiger partial charge < -0.3 is 5.32 Å². The molecule has 25 heavy (non-hydrogen) atoms. The first-order valence-corrected chi connectivity index (χ1v) is 6.83. The molecule has 0 unspecified atom stereocenters. The van der Waals surface area contributed by atoms with E-state index in [0.717, 1.165) is 18.3 Å². The normalized spacial score (nSPS) is 11.4. The number of rotatable bonds is 3. The molecule has 2 N–H and O–H groups in total. The second kappa shape index (κ2) is 7.56. The first-order chi connectivity index (χ1) is 11.8. The molecule has 130 valence electrons. The van der Waals surface area contributed by atoms with Crippen LogP contribution in [0.1, 0.15) is 11.1 Å². The number of nitrogens with zero attached hydrogens (tertiary/aromatic N) is 1. The van der Waals surface area contributed by atoms with E-state index in [1.54, 1.807) is 6.07 Å². The molecule has 0 radical (unpaired) electrons. The largest absolute Gasteiger partial charge is 0.416 e. The van der Waals surface area contributed by atoms with Gasteiger partial charge >= 0.3 is 18.0 Å². The number of alkyl halides is 3. The van der Waals surface area contributed by atoms with E-state index in [1.807, 2.05) is 10.7 Å². The number of amides is 2. The molecule has 0 atom stereocenters. The van der Waals surface area contributed by atoms with Gasteiger partial charge in [0.25, 0.3) is 0 Å². The van der Waals surface area contributed by atoms with Crippen molar-refractivity contribution >= 4 is 23.7 Å². The number of nitrogens with one attached hydrogen (secondary N) is 2. The van der Waals surface area contributed by atoms with Crippen molar-refractivity contribution in [3.8, 4) is 0 Å². The smallest absolute Gasteiger partial charge is 0.318 e. The van der Waals surface area contributed by atoms with Gasteiger partial charge in [0.1, 0.15) is 5.82 Å². The average molecular weight is 353 g/mol. The minimum absolute atomic E-state index is 0.0843. The summed E-state index contributed by atoms with van der Waals surface area (Å²) in [6.45, 7) is 0. The van der Waals surface area contributed by atoms with Gasteiger partial charge in [-0.25, -0.2) is 9.82 Å². The number of hydrogen-bond acceptors (Lipinski definition) is 3. The van der Waals surface area contributed by atoms with Gasteiger partial charge in [-0.05, 0) is 24.3 Å². The zero-order valence-corrected chi connectivity index (χ0v) is 12.5. The Morgan fingerprint density at radius 3 is 2.40 bits per heavy atom. The van der Waals surface area contributed by atoms with Gasteiger partial charge in [0.15, 0.2) is 0 Å². The lowest BCUT2D eigenvalue weighted by Gasteiger charge is -2.09. The van der Waals surface area contributed by atoms with Gasteiger partial charge in [0, 0.05) is 11.3 Å².